The first kappa shape index (κ1) is 14.2. The molecule has 3 heterocycles. The van der Waals surface area contributed by atoms with E-state index in [9.17, 15) is 0 Å². The Hall–Kier alpha value is -0.800. The maximum atomic E-state index is 5.89. The quantitative estimate of drug-likeness (QED) is 0.781. The molecular weight excluding hydrogens is 270 g/mol. The third-order valence-corrected chi connectivity index (χ3v) is 5.22. The molecule has 1 aromatic heterocycles. The molecule has 2 atom stereocenters. The zero-order valence-electron chi connectivity index (χ0n) is 12.5. The fourth-order valence-corrected chi connectivity index (χ4v) is 4.02. The minimum Gasteiger partial charge on any atom is -0.356 e. The van der Waals surface area contributed by atoms with Crippen LogP contribution >= 0.6 is 11.6 Å². The van der Waals surface area contributed by atoms with E-state index in [4.69, 9.17) is 11.6 Å². The van der Waals surface area contributed by atoms with Crippen LogP contribution in [-0.2, 0) is 5.88 Å². The molecule has 0 aromatic carbocycles. The van der Waals surface area contributed by atoms with Crippen molar-refractivity contribution < 1.29 is 0 Å². The maximum Gasteiger partial charge on any atom is 0.131 e. The second-order valence-corrected chi connectivity index (χ2v) is 6.57. The molecule has 0 N–H and O–H groups in total. The van der Waals surface area contributed by atoms with Crippen LogP contribution in [-0.4, -0.2) is 42.6 Å². The average molecular weight is 294 g/mol. The highest BCUT2D eigenvalue weighted by molar-refractivity contribution is 6.17. The Morgan fingerprint density at radius 2 is 2.20 bits per heavy atom. The minimum atomic E-state index is 0.545. The van der Waals surface area contributed by atoms with Crippen LogP contribution in [0.1, 0.15) is 30.4 Å². The standard InChI is InChI=1S/C16H24ClN3/c1-12-8-13(9-17)10-18-16(12)20-7-5-15-14(11-20)4-3-6-19(15)2/h8,10,14-15H,3-7,9,11H2,1-2H3. The van der Waals surface area contributed by atoms with Gasteiger partial charge in [-0.1, -0.05) is 0 Å². The number of aryl methyl sites for hydroxylation is 1. The minimum absolute atomic E-state index is 0.545. The lowest BCUT2D eigenvalue weighted by molar-refractivity contribution is 0.102. The lowest BCUT2D eigenvalue weighted by Crippen LogP contribution is -2.53. The monoisotopic (exact) mass is 293 g/mol. The largest absolute Gasteiger partial charge is 0.356 e. The summed E-state index contributed by atoms with van der Waals surface area (Å²) in [6, 6.07) is 2.96. The van der Waals surface area contributed by atoms with Gasteiger partial charge in [0.15, 0.2) is 0 Å². The molecule has 2 unspecified atom stereocenters. The maximum absolute atomic E-state index is 5.89. The van der Waals surface area contributed by atoms with E-state index in [2.05, 4.69) is 34.8 Å². The summed E-state index contributed by atoms with van der Waals surface area (Å²) in [6.07, 6.45) is 5.89. The second kappa shape index (κ2) is 5.90. The van der Waals surface area contributed by atoms with Gasteiger partial charge >= 0.3 is 0 Å². The number of rotatable bonds is 2. The normalized spacial score (nSPS) is 27.4. The Morgan fingerprint density at radius 1 is 1.35 bits per heavy atom. The van der Waals surface area contributed by atoms with Crippen molar-refractivity contribution in [2.45, 2.75) is 38.1 Å². The highest BCUT2D eigenvalue weighted by Crippen LogP contribution is 2.32. The molecule has 0 amide bonds. The van der Waals surface area contributed by atoms with Crippen molar-refractivity contribution in [3.63, 3.8) is 0 Å². The van der Waals surface area contributed by atoms with Gasteiger partial charge in [0.05, 0.1) is 0 Å². The number of piperidine rings is 2. The van der Waals surface area contributed by atoms with Crippen LogP contribution in [0.4, 0.5) is 5.82 Å². The van der Waals surface area contributed by atoms with Gasteiger partial charge in [-0.2, -0.15) is 0 Å². The van der Waals surface area contributed by atoms with E-state index in [0.717, 1.165) is 36.4 Å². The molecule has 0 saturated carbocycles. The number of fused-ring (bicyclic) bond motifs is 1. The van der Waals surface area contributed by atoms with E-state index in [1.807, 2.05) is 6.20 Å². The van der Waals surface area contributed by atoms with Crippen LogP contribution < -0.4 is 4.90 Å². The van der Waals surface area contributed by atoms with Gasteiger partial charge in [-0.25, -0.2) is 4.98 Å². The molecule has 2 fully saturated rings. The van der Waals surface area contributed by atoms with Gasteiger partial charge in [0, 0.05) is 31.2 Å². The molecular formula is C16H24ClN3. The van der Waals surface area contributed by atoms with Gasteiger partial charge in [-0.3, -0.25) is 0 Å². The first-order valence-corrected chi connectivity index (χ1v) is 8.19. The van der Waals surface area contributed by atoms with Crippen molar-refractivity contribution in [3.05, 3.63) is 23.4 Å². The van der Waals surface area contributed by atoms with Crippen molar-refractivity contribution in [3.8, 4) is 0 Å². The molecule has 0 bridgehead atoms. The summed E-state index contributed by atoms with van der Waals surface area (Å²) in [7, 11) is 2.28. The van der Waals surface area contributed by atoms with Gasteiger partial charge in [-0.05, 0) is 62.9 Å². The Balaban J connectivity index is 1.76. The number of hydrogen-bond donors (Lipinski definition) is 0. The van der Waals surface area contributed by atoms with Crippen molar-refractivity contribution in [2.24, 2.45) is 5.92 Å². The first-order valence-electron chi connectivity index (χ1n) is 7.65. The Labute approximate surface area is 126 Å². The van der Waals surface area contributed by atoms with Crippen molar-refractivity contribution >= 4 is 17.4 Å². The number of nitrogens with zero attached hydrogens (tertiary/aromatic N) is 3. The topological polar surface area (TPSA) is 19.4 Å². The number of aromatic nitrogens is 1. The lowest BCUT2D eigenvalue weighted by atomic mass is 9.84. The van der Waals surface area contributed by atoms with Crippen molar-refractivity contribution in [1.29, 1.82) is 0 Å². The molecule has 1 aromatic rings. The predicted molar refractivity (Wildman–Crippen MR) is 84.5 cm³/mol. The summed E-state index contributed by atoms with van der Waals surface area (Å²) in [4.78, 5) is 9.70. The molecule has 0 spiro atoms. The van der Waals surface area contributed by atoms with E-state index >= 15 is 0 Å². The molecule has 0 aliphatic carbocycles. The fourth-order valence-electron chi connectivity index (χ4n) is 3.87. The zero-order chi connectivity index (χ0) is 14.1. The zero-order valence-corrected chi connectivity index (χ0v) is 13.2. The van der Waals surface area contributed by atoms with Crippen LogP contribution in [0.5, 0.6) is 0 Å². The Bertz CT molecular complexity index is 477. The number of anilines is 1. The molecule has 0 radical (unpaired) electrons. The van der Waals surface area contributed by atoms with Gasteiger partial charge in [0.2, 0.25) is 0 Å². The molecule has 2 aliphatic rings. The number of likely N-dealkylation sites (tertiary alicyclic amines) is 1. The molecule has 3 nitrogen and oxygen atoms in total. The SMILES string of the molecule is Cc1cc(CCl)cnc1N1CCC2C(CCCN2C)C1. The summed E-state index contributed by atoms with van der Waals surface area (Å²) < 4.78 is 0. The van der Waals surface area contributed by atoms with Crippen molar-refractivity contribution in [2.75, 3.05) is 31.6 Å². The van der Waals surface area contributed by atoms with Crippen LogP contribution in [0.25, 0.3) is 0 Å². The first-order chi connectivity index (χ1) is 9.69. The summed E-state index contributed by atoms with van der Waals surface area (Å²) in [5.74, 6) is 2.51. The molecule has 2 aliphatic heterocycles. The van der Waals surface area contributed by atoms with E-state index in [0.29, 0.717) is 5.88 Å². The van der Waals surface area contributed by atoms with Crippen LogP contribution in [0.2, 0.25) is 0 Å². The summed E-state index contributed by atoms with van der Waals surface area (Å²) in [5.41, 5.74) is 2.37. The van der Waals surface area contributed by atoms with Gasteiger partial charge in [-0.15, -0.1) is 11.6 Å². The van der Waals surface area contributed by atoms with Gasteiger partial charge < -0.3 is 9.80 Å². The number of alkyl halides is 1. The Morgan fingerprint density at radius 3 is 2.95 bits per heavy atom. The number of hydrogen-bond acceptors (Lipinski definition) is 3. The van der Waals surface area contributed by atoms with E-state index in [1.165, 1.54) is 31.4 Å². The Kier molecular flexibility index (Phi) is 4.18. The molecule has 2 saturated heterocycles. The summed E-state index contributed by atoms with van der Waals surface area (Å²) in [6.45, 7) is 5.70. The summed E-state index contributed by atoms with van der Waals surface area (Å²) in [5, 5.41) is 0. The van der Waals surface area contributed by atoms with E-state index in [1.54, 1.807) is 0 Å². The second-order valence-electron chi connectivity index (χ2n) is 6.30. The van der Waals surface area contributed by atoms with Crippen LogP contribution in [0.15, 0.2) is 12.3 Å². The molecule has 4 heteroatoms. The van der Waals surface area contributed by atoms with Crippen LogP contribution in [0.3, 0.4) is 0 Å². The third kappa shape index (κ3) is 2.66. The third-order valence-electron chi connectivity index (χ3n) is 4.91. The van der Waals surface area contributed by atoms with Crippen LogP contribution in [0, 0.1) is 12.8 Å². The average Bonchev–Trinajstić information content (AvgIpc) is 2.47. The molecule has 20 heavy (non-hydrogen) atoms. The van der Waals surface area contributed by atoms with Crippen molar-refractivity contribution in [1.82, 2.24) is 9.88 Å². The number of pyridine rings is 1. The molecule has 110 valence electrons. The number of halogens is 1. The highest BCUT2D eigenvalue weighted by Gasteiger charge is 2.34. The fraction of sp³-hybridized carbons (Fsp3) is 0.688. The highest BCUT2D eigenvalue weighted by atomic mass is 35.5. The molecule has 3 rings (SSSR count). The van der Waals surface area contributed by atoms with Gasteiger partial charge in [0.25, 0.3) is 0 Å². The lowest BCUT2D eigenvalue weighted by Gasteiger charge is -2.46. The summed E-state index contributed by atoms with van der Waals surface area (Å²) >= 11 is 5.89. The van der Waals surface area contributed by atoms with E-state index in [-0.39, 0.29) is 0 Å². The van der Waals surface area contributed by atoms with Gasteiger partial charge in [0.1, 0.15) is 5.82 Å². The van der Waals surface area contributed by atoms with E-state index < -0.39 is 0 Å². The smallest absolute Gasteiger partial charge is 0.131 e. The predicted octanol–water partition coefficient (Wildman–Crippen LogP) is 3.05.